The summed E-state index contributed by atoms with van der Waals surface area (Å²) in [5.74, 6) is -2.09. The number of ether oxygens (including phenoxy) is 1. The maximum absolute atomic E-state index is 13.2. The van der Waals surface area contributed by atoms with Crippen LogP contribution in [0.1, 0.15) is 33.2 Å². The Morgan fingerprint density at radius 3 is 2.31 bits per heavy atom. The number of benzene rings is 2. The Labute approximate surface area is 208 Å². The first-order valence-corrected chi connectivity index (χ1v) is 12.0. The SMILES string of the molecule is C[C@@]1(Cl)CS[C@@H]2C(N3C(=O)c4ccccc4C3=O)C(=O)N2C1C(=O)OCc1ccc([N+](=O)[O-])cc1. The number of nitrogens with zero attached hydrogens (tertiary/aromatic N) is 3. The molecular weight excluding hydrogens is 498 g/mol. The minimum Gasteiger partial charge on any atom is -0.459 e. The predicted molar refractivity (Wildman–Crippen MR) is 125 cm³/mol. The van der Waals surface area contributed by atoms with Gasteiger partial charge in [-0.3, -0.25) is 29.4 Å². The molecule has 0 spiro atoms. The van der Waals surface area contributed by atoms with Crippen LogP contribution in [0.15, 0.2) is 48.5 Å². The lowest BCUT2D eigenvalue weighted by Crippen LogP contribution is -2.78. The quantitative estimate of drug-likeness (QED) is 0.148. The van der Waals surface area contributed by atoms with Gasteiger partial charge in [0.1, 0.15) is 18.0 Å². The van der Waals surface area contributed by atoms with E-state index < -0.39 is 50.9 Å². The Morgan fingerprint density at radius 1 is 1.14 bits per heavy atom. The number of imide groups is 1. The van der Waals surface area contributed by atoms with Crippen LogP contribution in [-0.2, 0) is 20.9 Å². The molecule has 2 fully saturated rings. The summed E-state index contributed by atoms with van der Waals surface area (Å²) in [5.41, 5.74) is 0.920. The number of β-lactam (4-membered cyclic amide) rings is 1. The summed E-state index contributed by atoms with van der Waals surface area (Å²) >= 11 is 7.93. The van der Waals surface area contributed by atoms with Gasteiger partial charge in [0.15, 0.2) is 6.04 Å². The molecule has 12 heteroatoms. The van der Waals surface area contributed by atoms with Gasteiger partial charge in [0.2, 0.25) is 0 Å². The zero-order valence-corrected chi connectivity index (χ0v) is 19.8. The average molecular weight is 516 g/mol. The second-order valence-electron chi connectivity index (χ2n) is 8.63. The summed E-state index contributed by atoms with van der Waals surface area (Å²) in [7, 11) is 0. The molecule has 0 saturated carbocycles. The van der Waals surface area contributed by atoms with E-state index in [1.54, 1.807) is 31.2 Å². The van der Waals surface area contributed by atoms with Crippen LogP contribution in [0.3, 0.4) is 0 Å². The summed E-state index contributed by atoms with van der Waals surface area (Å²) < 4.78 is 5.41. The van der Waals surface area contributed by atoms with Crippen molar-refractivity contribution >= 4 is 52.7 Å². The standard InChI is InChI=1S/C23H18ClN3O7S/c1-23(24)11-35-21-16(25-18(28)14-4-2-3-5-15(14)19(25)29)20(30)26(21)17(23)22(31)34-10-12-6-8-13(9-7-12)27(32)33/h2-9,16-17,21H,10-11H2,1H3/t16?,17?,21-,23-/m1/s1. The van der Waals surface area contributed by atoms with Crippen LogP contribution in [0.25, 0.3) is 0 Å². The number of thioether (sulfide) groups is 1. The fourth-order valence-electron chi connectivity index (χ4n) is 4.54. The number of hydrogen-bond donors (Lipinski definition) is 0. The normalized spacial score (nSPS) is 27.3. The van der Waals surface area contributed by atoms with Gasteiger partial charge in [-0.1, -0.05) is 12.1 Å². The Morgan fingerprint density at radius 2 is 1.74 bits per heavy atom. The van der Waals surface area contributed by atoms with Gasteiger partial charge in [-0.2, -0.15) is 0 Å². The molecule has 0 aliphatic carbocycles. The van der Waals surface area contributed by atoms with Crippen molar-refractivity contribution < 1.29 is 28.8 Å². The topological polar surface area (TPSA) is 127 Å². The number of carbonyl (C=O) groups excluding carboxylic acids is 4. The summed E-state index contributed by atoms with van der Waals surface area (Å²) in [6.07, 6.45) is 0. The van der Waals surface area contributed by atoms with Crippen molar-refractivity contribution in [3.05, 3.63) is 75.3 Å². The number of alkyl halides is 1. The van der Waals surface area contributed by atoms with Gasteiger partial charge < -0.3 is 9.64 Å². The molecule has 180 valence electrons. The van der Waals surface area contributed by atoms with Crippen LogP contribution in [0, 0.1) is 10.1 Å². The van der Waals surface area contributed by atoms with E-state index in [1.165, 1.54) is 40.9 Å². The van der Waals surface area contributed by atoms with Crippen molar-refractivity contribution in [1.29, 1.82) is 0 Å². The van der Waals surface area contributed by atoms with E-state index in [1.807, 2.05) is 0 Å². The Kier molecular flexibility index (Phi) is 5.56. The molecule has 10 nitrogen and oxygen atoms in total. The first kappa shape index (κ1) is 23.3. The van der Waals surface area contributed by atoms with Crippen LogP contribution < -0.4 is 0 Å². The third kappa shape index (κ3) is 3.66. The number of halogens is 1. The van der Waals surface area contributed by atoms with Crippen molar-refractivity contribution in [2.24, 2.45) is 0 Å². The Balaban J connectivity index is 1.33. The number of non-ortho nitro benzene ring substituents is 1. The van der Waals surface area contributed by atoms with Gasteiger partial charge in [0, 0.05) is 17.9 Å². The van der Waals surface area contributed by atoms with Crippen molar-refractivity contribution in [2.45, 2.75) is 35.9 Å². The highest BCUT2D eigenvalue weighted by Gasteiger charge is 2.65. The van der Waals surface area contributed by atoms with E-state index in [9.17, 15) is 29.3 Å². The molecule has 0 bridgehead atoms. The number of carbonyl (C=O) groups is 4. The second kappa shape index (κ2) is 8.35. The number of rotatable bonds is 5. The first-order chi connectivity index (χ1) is 16.6. The Hall–Kier alpha value is -3.44. The summed E-state index contributed by atoms with van der Waals surface area (Å²) in [5, 5.41) is 10.2. The fourth-order valence-corrected chi connectivity index (χ4v) is 6.38. The lowest BCUT2D eigenvalue weighted by Gasteiger charge is -2.57. The zero-order chi connectivity index (χ0) is 25.1. The number of nitro groups is 1. The van der Waals surface area contributed by atoms with Gasteiger partial charge in [0.05, 0.1) is 20.9 Å². The Bertz CT molecular complexity index is 1250. The molecule has 3 aliphatic heterocycles. The zero-order valence-electron chi connectivity index (χ0n) is 18.3. The van der Waals surface area contributed by atoms with Crippen LogP contribution in [0.4, 0.5) is 5.69 Å². The van der Waals surface area contributed by atoms with Gasteiger partial charge in [-0.15, -0.1) is 23.4 Å². The highest BCUT2D eigenvalue weighted by molar-refractivity contribution is 8.00. The minimum atomic E-state index is -1.14. The highest BCUT2D eigenvalue weighted by Crippen LogP contribution is 2.48. The van der Waals surface area contributed by atoms with E-state index >= 15 is 0 Å². The molecule has 3 heterocycles. The molecule has 2 unspecified atom stereocenters. The third-order valence-electron chi connectivity index (χ3n) is 6.29. The fraction of sp³-hybridized carbons (Fsp3) is 0.304. The molecule has 0 N–H and O–H groups in total. The monoisotopic (exact) mass is 515 g/mol. The molecule has 3 amide bonds. The molecule has 2 aromatic rings. The van der Waals surface area contributed by atoms with Crippen molar-refractivity contribution in [3.63, 3.8) is 0 Å². The second-order valence-corrected chi connectivity index (χ2v) is 10.6. The molecule has 4 atom stereocenters. The lowest BCUT2D eigenvalue weighted by molar-refractivity contribution is -0.384. The molecule has 2 aromatic carbocycles. The lowest BCUT2D eigenvalue weighted by atomic mass is 9.93. The van der Waals surface area contributed by atoms with Crippen LogP contribution in [0.5, 0.6) is 0 Å². The van der Waals surface area contributed by atoms with Crippen LogP contribution in [0.2, 0.25) is 0 Å². The number of amides is 3. The van der Waals surface area contributed by atoms with Gasteiger partial charge in [-0.25, -0.2) is 4.79 Å². The first-order valence-electron chi connectivity index (χ1n) is 10.6. The summed E-state index contributed by atoms with van der Waals surface area (Å²) in [6, 6.07) is 9.74. The summed E-state index contributed by atoms with van der Waals surface area (Å²) in [4.78, 5) is 63.5. The van der Waals surface area contributed by atoms with Crippen molar-refractivity contribution in [2.75, 3.05) is 5.75 Å². The molecule has 2 saturated heterocycles. The predicted octanol–water partition coefficient (Wildman–Crippen LogP) is 2.58. The maximum Gasteiger partial charge on any atom is 0.331 e. The number of hydrogen-bond acceptors (Lipinski definition) is 8. The maximum atomic E-state index is 13.2. The number of esters is 1. The highest BCUT2D eigenvalue weighted by atomic mass is 35.5. The van der Waals surface area contributed by atoms with Crippen molar-refractivity contribution in [1.82, 2.24) is 9.80 Å². The van der Waals surface area contributed by atoms with Gasteiger partial charge in [-0.05, 0) is 36.8 Å². The van der Waals surface area contributed by atoms with Crippen LogP contribution >= 0.6 is 23.4 Å². The smallest absolute Gasteiger partial charge is 0.331 e. The van der Waals surface area contributed by atoms with E-state index in [2.05, 4.69) is 0 Å². The molecule has 5 rings (SSSR count). The van der Waals surface area contributed by atoms with Gasteiger partial charge >= 0.3 is 5.97 Å². The van der Waals surface area contributed by atoms with Gasteiger partial charge in [0.25, 0.3) is 23.4 Å². The van der Waals surface area contributed by atoms with E-state index in [0.717, 1.165) is 4.90 Å². The van der Waals surface area contributed by atoms with E-state index in [4.69, 9.17) is 16.3 Å². The molecule has 0 radical (unpaired) electrons. The molecule has 0 aromatic heterocycles. The largest absolute Gasteiger partial charge is 0.459 e. The molecule has 35 heavy (non-hydrogen) atoms. The van der Waals surface area contributed by atoms with E-state index in [-0.39, 0.29) is 29.2 Å². The number of nitro benzene ring substituents is 1. The third-order valence-corrected chi connectivity index (χ3v) is 8.38. The number of fused-ring (bicyclic) bond motifs is 2. The molecular formula is C23H18ClN3O7S. The van der Waals surface area contributed by atoms with E-state index in [0.29, 0.717) is 5.56 Å². The molecule has 3 aliphatic rings. The summed E-state index contributed by atoms with van der Waals surface area (Å²) in [6.45, 7) is 1.46. The average Bonchev–Trinajstić information content (AvgIpc) is 3.08. The van der Waals surface area contributed by atoms with Crippen LogP contribution in [-0.4, -0.2) is 66.5 Å². The minimum absolute atomic E-state index is 0.0917. The van der Waals surface area contributed by atoms with Crippen molar-refractivity contribution in [3.8, 4) is 0 Å².